The molecule has 1 saturated heterocycles. The van der Waals surface area contributed by atoms with Gasteiger partial charge in [0.1, 0.15) is 0 Å². The summed E-state index contributed by atoms with van der Waals surface area (Å²) in [5, 5.41) is 3.99. The highest BCUT2D eigenvalue weighted by atomic mass is 15.1. The van der Waals surface area contributed by atoms with Crippen LogP contribution in [0.25, 0.3) is 0 Å². The van der Waals surface area contributed by atoms with Gasteiger partial charge in [-0.25, -0.2) is 0 Å². The summed E-state index contributed by atoms with van der Waals surface area (Å²) in [6, 6.07) is 10.4. The number of nitrogens with one attached hydrogen (secondary N) is 1. The van der Waals surface area contributed by atoms with Crippen molar-refractivity contribution in [3.63, 3.8) is 0 Å². The lowest BCUT2D eigenvalue weighted by atomic mass is 9.87. The molecule has 0 radical (unpaired) electrons. The second-order valence-electron chi connectivity index (χ2n) is 6.78. The number of fused-ring (bicyclic) bond motifs is 1. The van der Waals surface area contributed by atoms with Crippen molar-refractivity contribution < 1.29 is 0 Å². The van der Waals surface area contributed by atoms with Gasteiger partial charge < -0.3 is 10.2 Å². The molecule has 1 aliphatic carbocycles. The highest BCUT2D eigenvalue weighted by Crippen LogP contribution is 2.30. The first kappa shape index (κ1) is 15.1. The van der Waals surface area contributed by atoms with Gasteiger partial charge in [-0.1, -0.05) is 31.2 Å². The molecule has 1 aromatic carbocycles. The van der Waals surface area contributed by atoms with Crippen LogP contribution < -0.4 is 5.32 Å². The van der Waals surface area contributed by atoms with Crippen molar-refractivity contribution in [3.8, 4) is 0 Å². The van der Waals surface area contributed by atoms with Crippen LogP contribution in [0.3, 0.4) is 0 Å². The van der Waals surface area contributed by atoms with Crippen molar-refractivity contribution in [2.45, 2.75) is 64.0 Å². The van der Waals surface area contributed by atoms with Crippen molar-refractivity contribution in [1.29, 1.82) is 0 Å². The summed E-state index contributed by atoms with van der Waals surface area (Å²) in [4.78, 5) is 2.65. The van der Waals surface area contributed by atoms with Crippen molar-refractivity contribution in [1.82, 2.24) is 10.2 Å². The lowest BCUT2D eigenvalue weighted by Gasteiger charge is -2.30. The maximum absolute atomic E-state index is 3.99. The van der Waals surface area contributed by atoms with Gasteiger partial charge in [-0.15, -0.1) is 0 Å². The standard InChI is InChI=1S/C19H30N2/c1-2-13-21-14-6-9-17(12-15-21)20-19-11-5-8-16-7-3-4-10-18(16)19/h3-4,7,10,17,19-20H,2,5-6,8-9,11-15H2,1H3. The molecule has 0 amide bonds. The van der Waals surface area contributed by atoms with Gasteiger partial charge in [0.15, 0.2) is 0 Å². The number of rotatable bonds is 4. The lowest BCUT2D eigenvalue weighted by Crippen LogP contribution is -2.35. The molecule has 116 valence electrons. The Morgan fingerprint density at radius 2 is 2.00 bits per heavy atom. The fourth-order valence-electron chi connectivity index (χ4n) is 4.07. The van der Waals surface area contributed by atoms with Crippen molar-refractivity contribution in [2.75, 3.05) is 19.6 Å². The fraction of sp³-hybridized carbons (Fsp3) is 0.684. The monoisotopic (exact) mass is 286 g/mol. The molecule has 1 heterocycles. The molecular weight excluding hydrogens is 256 g/mol. The Morgan fingerprint density at radius 1 is 1.10 bits per heavy atom. The van der Waals surface area contributed by atoms with Crippen LogP contribution in [0.4, 0.5) is 0 Å². The van der Waals surface area contributed by atoms with E-state index in [0.29, 0.717) is 12.1 Å². The first-order valence-electron chi connectivity index (χ1n) is 8.93. The Hall–Kier alpha value is -0.860. The molecule has 1 fully saturated rings. The number of nitrogens with zero attached hydrogens (tertiary/aromatic N) is 1. The molecular formula is C19H30N2. The summed E-state index contributed by atoms with van der Waals surface area (Å²) >= 11 is 0. The fourth-order valence-corrected chi connectivity index (χ4v) is 4.07. The van der Waals surface area contributed by atoms with E-state index in [4.69, 9.17) is 0 Å². The third-order valence-corrected chi connectivity index (χ3v) is 5.17. The summed E-state index contributed by atoms with van der Waals surface area (Å²) in [5.41, 5.74) is 3.14. The highest BCUT2D eigenvalue weighted by Gasteiger charge is 2.24. The molecule has 21 heavy (non-hydrogen) atoms. The van der Waals surface area contributed by atoms with Crippen LogP contribution >= 0.6 is 0 Å². The molecule has 2 nitrogen and oxygen atoms in total. The summed E-state index contributed by atoms with van der Waals surface area (Å²) in [7, 11) is 0. The van der Waals surface area contributed by atoms with Crippen LogP contribution in [0.15, 0.2) is 24.3 Å². The van der Waals surface area contributed by atoms with E-state index in [1.807, 2.05) is 0 Å². The minimum Gasteiger partial charge on any atom is -0.307 e. The Labute approximate surface area is 129 Å². The van der Waals surface area contributed by atoms with Crippen LogP contribution in [0.1, 0.15) is 62.6 Å². The second kappa shape index (κ2) is 7.42. The van der Waals surface area contributed by atoms with Crippen LogP contribution in [0.5, 0.6) is 0 Å². The first-order valence-corrected chi connectivity index (χ1v) is 8.93. The zero-order chi connectivity index (χ0) is 14.5. The SMILES string of the molecule is CCCN1CCCC(NC2CCCc3ccccc32)CC1. The Bertz CT molecular complexity index is 443. The van der Waals surface area contributed by atoms with Gasteiger partial charge in [0, 0.05) is 12.1 Å². The van der Waals surface area contributed by atoms with Gasteiger partial charge in [-0.2, -0.15) is 0 Å². The third-order valence-electron chi connectivity index (χ3n) is 5.17. The zero-order valence-corrected chi connectivity index (χ0v) is 13.5. The van der Waals surface area contributed by atoms with Crippen LogP contribution in [0, 0.1) is 0 Å². The van der Waals surface area contributed by atoms with Gasteiger partial charge >= 0.3 is 0 Å². The second-order valence-corrected chi connectivity index (χ2v) is 6.78. The molecule has 1 aromatic rings. The van der Waals surface area contributed by atoms with E-state index in [9.17, 15) is 0 Å². The van der Waals surface area contributed by atoms with E-state index in [0.717, 1.165) is 0 Å². The van der Waals surface area contributed by atoms with Crippen LogP contribution in [0.2, 0.25) is 0 Å². The van der Waals surface area contributed by atoms with E-state index in [2.05, 4.69) is 41.4 Å². The van der Waals surface area contributed by atoms with Gasteiger partial charge in [0.05, 0.1) is 0 Å². The van der Waals surface area contributed by atoms with Crippen LogP contribution in [-0.2, 0) is 6.42 Å². The zero-order valence-electron chi connectivity index (χ0n) is 13.5. The van der Waals surface area contributed by atoms with Gasteiger partial charge in [0.2, 0.25) is 0 Å². The minimum atomic E-state index is 0.595. The molecule has 2 heteroatoms. The van der Waals surface area contributed by atoms with E-state index >= 15 is 0 Å². The number of benzene rings is 1. The molecule has 2 aliphatic rings. The first-order chi connectivity index (χ1) is 10.4. The molecule has 0 spiro atoms. The normalized spacial score (nSPS) is 27.1. The highest BCUT2D eigenvalue weighted by molar-refractivity contribution is 5.32. The van der Waals surface area contributed by atoms with Gasteiger partial charge in [-0.3, -0.25) is 0 Å². The molecule has 2 atom stereocenters. The lowest BCUT2D eigenvalue weighted by molar-refractivity contribution is 0.280. The Morgan fingerprint density at radius 3 is 2.90 bits per heavy atom. The van der Waals surface area contributed by atoms with E-state index in [1.165, 1.54) is 64.6 Å². The Kier molecular flexibility index (Phi) is 5.32. The Balaban J connectivity index is 1.60. The van der Waals surface area contributed by atoms with E-state index < -0.39 is 0 Å². The molecule has 1 aliphatic heterocycles. The van der Waals surface area contributed by atoms with E-state index in [1.54, 1.807) is 11.1 Å². The molecule has 2 unspecified atom stereocenters. The quantitative estimate of drug-likeness (QED) is 0.902. The molecule has 0 saturated carbocycles. The number of hydrogen-bond donors (Lipinski definition) is 1. The maximum atomic E-state index is 3.99. The minimum absolute atomic E-state index is 0.595. The number of hydrogen-bond acceptors (Lipinski definition) is 2. The van der Waals surface area contributed by atoms with Crippen LogP contribution in [-0.4, -0.2) is 30.6 Å². The van der Waals surface area contributed by atoms with Crippen molar-refractivity contribution in [2.24, 2.45) is 0 Å². The molecule has 0 aromatic heterocycles. The van der Waals surface area contributed by atoms with Gasteiger partial charge in [-0.05, 0) is 75.7 Å². The largest absolute Gasteiger partial charge is 0.307 e. The van der Waals surface area contributed by atoms with Crippen molar-refractivity contribution >= 4 is 0 Å². The smallest absolute Gasteiger partial charge is 0.0325 e. The average molecular weight is 286 g/mol. The predicted octanol–water partition coefficient (Wildman–Crippen LogP) is 3.92. The van der Waals surface area contributed by atoms with E-state index in [-0.39, 0.29) is 0 Å². The van der Waals surface area contributed by atoms with Gasteiger partial charge in [0.25, 0.3) is 0 Å². The molecule has 0 bridgehead atoms. The topological polar surface area (TPSA) is 15.3 Å². The third kappa shape index (κ3) is 3.87. The predicted molar refractivity (Wildman–Crippen MR) is 89.6 cm³/mol. The summed E-state index contributed by atoms with van der Waals surface area (Å²) in [5.74, 6) is 0. The number of aryl methyl sites for hydroxylation is 1. The summed E-state index contributed by atoms with van der Waals surface area (Å²) in [6.45, 7) is 6.14. The molecule has 1 N–H and O–H groups in total. The average Bonchev–Trinajstić information content (AvgIpc) is 2.74. The summed E-state index contributed by atoms with van der Waals surface area (Å²) < 4.78 is 0. The molecule has 3 rings (SSSR count). The summed E-state index contributed by atoms with van der Waals surface area (Å²) in [6.07, 6.45) is 9.22. The maximum Gasteiger partial charge on any atom is 0.0325 e. The van der Waals surface area contributed by atoms with Crippen molar-refractivity contribution in [3.05, 3.63) is 35.4 Å². The number of likely N-dealkylation sites (tertiary alicyclic amines) is 1.